The highest BCUT2D eigenvalue weighted by atomic mass is 31.2. The van der Waals surface area contributed by atoms with Gasteiger partial charge in [-0.15, -0.1) is 0 Å². The normalized spacial score (nSPS) is 13.1. The Morgan fingerprint density at radius 3 is 0.778 bits per heavy atom. The molecule has 2 atom stereocenters. The molecule has 0 fully saturated rings. The number of hydrogen-bond donors (Lipinski definition) is 2. The Bertz CT molecular complexity index is 1810. The fourth-order valence-electron chi connectivity index (χ4n) is 13.4. The quantitative estimate of drug-likeness (QED) is 0.0264. The topological polar surface area (TPSA) is 134 Å². The number of hydrogen-bond acceptors (Lipinski definition) is 8. The minimum Gasteiger partial charge on any atom is -0.462 e. The predicted octanol–water partition coefficient (Wildman–Crippen LogP) is 29.7. The molecule has 3 N–H and O–H groups in total. The number of carbonyl (C=O) groups excluding carboxylic acids is 2. The molecule has 0 saturated carbocycles. The maximum atomic E-state index is 12.8. The molecule has 0 saturated heterocycles. The molecule has 0 radical (unpaired) electrons. The zero-order chi connectivity index (χ0) is 71.5. The van der Waals surface area contributed by atoms with E-state index in [-0.39, 0.29) is 38.6 Å². The van der Waals surface area contributed by atoms with Gasteiger partial charge in [-0.25, -0.2) is 4.57 Å². The van der Waals surface area contributed by atoms with E-state index in [1.54, 1.807) is 0 Å². The van der Waals surface area contributed by atoms with Gasteiger partial charge in [0.05, 0.1) is 13.2 Å². The molecule has 0 amide bonds. The van der Waals surface area contributed by atoms with Gasteiger partial charge in [0.2, 0.25) is 0 Å². The average molecular weight is 1410 g/mol. The predicted molar refractivity (Wildman–Crippen MR) is 432 cm³/mol. The van der Waals surface area contributed by atoms with Crippen LogP contribution in [-0.4, -0.2) is 49.3 Å². The van der Waals surface area contributed by atoms with E-state index < -0.39 is 26.5 Å². The monoisotopic (exact) mass is 1410 g/mol. The van der Waals surface area contributed by atoms with Crippen molar-refractivity contribution in [3.8, 4) is 0 Å². The summed E-state index contributed by atoms with van der Waals surface area (Å²) in [6.45, 7) is 3.80. The Morgan fingerprint density at radius 2 is 0.525 bits per heavy atom. The van der Waals surface area contributed by atoms with E-state index in [4.69, 9.17) is 24.3 Å². The lowest BCUT2D eigenvalue weighted by Crippen LogP contribution is -2.29. The molecule has 0 aromatic rings. The zero-order valence-electron chi connectivity index (χ0n) is 66.0. The summed E-state index contributed by atoms with van der Waals surface area (Å²) in [5.41, 5.74) is 5.42. The van der Waals surface area contributed by atoms with E-state index in [1.807, 2.05) is 0 Å². The van der Waals surface area contributed by atoms with Crippen LogP contribution in [0.3, 0.4) is 0 Å². The van der Waals surface area contributed by atoms with E-state index in [0.717, 1.165) is 51.4 Å². The smallest absolute Gasteiger partial charge is 0.462 e. The molecule has 0 aliphatic rings. The minimum absolute atomic E-state index is 0.0559. The van der Waals surface area contributed by atoms with E-state index >= 15 is 0 Å². The molecule has 10 heteroatoms. The number of unbranched alkanes of at least 4 members (excludes halogenated alkanes) is 61. The third-order valence-electron chi connectivity index (χ3n) is 19.9. The van der Waals surface area contributed by atoms with Crippen LogP contribution < -0.4 is 5.73 Å². The van der Waals surface area contributed by atoms with Gasteiger partial charge in [-0.05, 0) is 83.5 Å². The highest BCUT2D eigenvalue weighted by molar-refractivity contribution is 7.47. The zero-order valence-corrected chi connectivity index (χ0v) is 66.9. The molecule has 0 aliphatic heterocycles. The largest absolute Gasteiger partial charge is 0.472 e. The summed E-state index contributed by atoms with van der Waals surface area (Å²) in [4.78, 5) is 35.5. The fourth-order valence-corrected chi connectivity index (χ4v) is 14.2. The summed E-state index contributed by atoms with van der Waals surface area (Å²) >= 11 is 0. The number of nitrogens with two attached hydrogens (primary N) is 1. The highest BCUT2D eigenvalue weighted by Crippen LogP contribution is 2.43. The molecular weight excluding hydrogens is 1240 g/mol. The number of esters is 2. The molecule has 0 bridgehead atoms. The van der Waals surface area contributed by atoms with Crippen molar-refractivity contribution in [2.24, 2.45) is 5.73 Å². The lowest BCUT2D eigenvalue weighted by Gasteiger charge is -2.19. The van der Waals surface area contributed by atoms with Crippen molar-refractivity contribution < 1.29 is 37.6 Å². The summed E-state index contributed by atoms with van der Waals surface area (Å²) in [5.74, 6) is -0.801. The third-order valence-corrected chi connectivity index (χ3v) is 20.9. The number of rotatable bonds is 84. The van der Waals surface area contributed by atoms with Crippen LogP contribution in [-0.2, 0) is 32.7 Å². The van der Waals surface area contributed by atoms with Crippen LogP contribution in [0.15, 0.2) is 60.8 Å². The maximum Gasteiger partial charge on any atom is 0.472 e. The van der Waals surface area contributed by atoms with E-state index in [9.17, 15) is 19.0 Å². The molecule has 0 aromatic carbocycles. The van der Waals surface area contributed by atoms with Crippen LogP contribution in [0, 0.1) is 0 Å². The van der Waals surface area contributed by atoms with Gasteiger partial charge in [-0.2, -0.15) is 0 Å². The molecule has 0 spiro atoms. The minimum atomic E-state index is -4.40. The number of ether oxygens (including phenoxy) is 2. The SMILES string of the molecule is CCCCCCC/C=C\C/C=C\C/C=C\CCCCCCCCCCCCCCCCCCCCCCCCC(=O)OC(COC(=O)CCCCCCCCCCCCCCCCCCCCCCCCCCCCCCC/C=C\C/C=C\CCCCCCC)COP(=O)(O)OCCN. The van der Waals surface area contributed by atoms with Crippen LogP contribution in [0.2, 0.25) is 0 Å². The van der Waals surface area contributed by atoms with Crippen molar-refractivity contribution in [1.82, 2.24) is 0 Å². The summed E-state index contributed by atoms with van der Waals surface area (Å²) in [6.07, 6.45) is 113. The lowest BCUT2D eigenvalue weighted by molar-refractivity contribution is -0.161. The average Bonchev–Trinajstić information content (AvgIpc) is 1.64. The van der Waals surface area contributed by atoms with Gasteiger partial charge in [0.15, 0.2) is 6.10 Å². The lowest BCUT2D eigenvalue weighted by atomic mass is 10.0. The molecule has 9 nitrogen and oxygen atoms in total. The van der Waals surface area contributed by atoms with Crippen molar-refractivity contribution in [3.63, 3.8) is 0 Å². The molecule has 0 aromatic heterocycles. The first-order valence-corrected chi connectivity index (χ1v) is 45.3. The molecule has 0 aliphatic carbocycles. The molecular formula is C89H168NO8P. The van der Waals surface area contributed by atoms with Gasteiger partial charge >= 0.3 is 19.8 Å². The van der Waals surface area contributed by atoms with Gasteiger partial charge in [0, 0.05) is 19.4 Å². The molecule has 99 heavy (non-hydrogen) atoms. The van der Waals surface area contributed by atoms with E-state index in [2.05, 4.69) is 74.6 Å². The molecule has 0 heterocycles. The summed E-state index contributed by atoms with van der Waals surface area (Å²) in [6, 6.07) is 0. The summed E-state index contributed by atoms with van der Waals surface area (Å²) in [7, 11) is -4.40. The standard InChI is InChI=1S/C89H168NO8P/c1-3-5-7-9-11-13-15-17-19-21-23-25-27-29-31-33-35-37-39-41-42-43-44-46-47-49-51-53-55-57-59-61-63-65-67-69-71-73-75-77-79-81-88(91)95-85-87(86-97-99(93,94)96-84-83-90)98-89(92)82-80-78-76-74-72-70-68-66-64-62-60-58-56-54-52-50-48-45-40-38-36-34-32-30-28-26-24-22-20-18-16-14-12-10-8-6-4-2/h15-18,21-24,28,30,87H,3-14,19-20,25-27,29,31-86,90H2,1-2H3,(H,93,94)/b17-15-,18-16-,23-21-,24-22-,30-28-. The van der Waals surface area contributed by atoms with Gasteiger partial charge in [-0.3, -0.25) is 18.6 Å². The highest BCUT2D eigenvalue weighted by Gasteiger charge is 2.26. The number of allylic oxidation sites excluding steroid dienone is 10. The second kappa shape index (κ2) is 84.6. The number of phosphoric ester groups is 1. The second-order valence-corrected chi connectivity index (χ2v) is 31.2. The van der Waals surface area contributed by atoms with Crippen molar-refractivity contribution in [1.29, 1.82) is 0 Å². The Labute approximate surface area is 616 Å². The Balaban J connectivity index is 3.71. The van der Waals surface area contributed by atoms with E-state index in [0.29, 0.717) is 6.42 Å². The Hall–Kier alpha value is -2.29. The van der Waals surface area contributed by atoms with Crippen LogP contribution in [0.5, 0.6) is 0 Å². The first kappa shape index (κ1) is 96.7. The van der Waals surface area contributed by atoms with Crippen LogP contribution in [0.25, 0.3) is 0 Å². The molecule has 2 unspecified atom stereocenters. The van der Waals surface area contributed by atoms with Gasteiger partial charge in [0.25, 0.3) is 0 Å². The van der Waals surface area contributed by atoms with Crippen molar-refractivity contribution >= 4 is 19.8 Å². The fraction of sp³-hybridized carbons (Fsp3) is 0.865. The van der Waals surface area contributed by atoms with Crippen molar-refractivity contribution in [3.05, 3.63) is 60.8 Å². The first-order valence-electron chi connectivity index (χ1n) is 43.8. The number of carbonyl (C=O) groups is 2. The Kier molecular flexibility index (Phi) is 82.7. The van der Waals surface area contributed by atoms with Crippen molar-refractivity contribution in [2.75, 3.05) is 26.4 Å². The molecule has 582 valence electrons. The Morgan fingerprint density at radius 1 is 0.303 bits per heavy atom. The summed E-state index contributed by atoms with van der Waals surface area (Å²) in [5, 5.41) is 0. The van der Waals surface area contributed by atoms with Crippen LogP contribution >= 0.6 is 7.82 Å². The van der Waals surface area contributed by atoms with E-state index in [1.165, 1.54) is 379 Å². The number of phosphoric acid groups is 1. The van der Waals surface area contributed by atoms with Crippen LogP contribution in [0.1, 0.15) is 463 Å². The second-order valence-electron chi connectivity index (χ2n) is 29.8. The van der Waals surface area contributed by atoms with Gasteiger partial charge < -0.3 is 20.1 Å². The maximum absolute atomic E-state index is 12.8. The van der Waals surface area contributed by atoms with Crippen LogP contribution in [0.4, 0.5) is 0 Å². The first-order chi connectivity index (χ1) is 48.8. The third kappa shape index (κ3) is 84.5. The summed E-state index contributed by atoms with van der Waals surface area (Å²) < 4.78 is 33.3. The van der Waals surface area contributed by atoms with Crippen molar-refractivity contribution in [2.45, 2.75) is 469 Å². The van der Waals surface area contributed by atoms with Gasteiger partial charge in [-0.1, -0.05) is 428 Å². The molecule has 0 rings (SSSR count). The van der Waals surface area contributed by atoms with Gasteiger partial charge in [0.1, 0.15) is 6.61 Å².